The molecule has 0 aliphatic carbocycles. The van der Waals surface area contributed by atoms with Crippen LogP contribution in [0.3, 0.4) is 0 Å². The number of amides is 1. The van der Waals surface area contributed by atoms with Crippen LogP contribution >= 0.6 is 0 Å². The SMILES string of the molecule is Cn1nc(-c2ccccc2)cc1C(=O)N1CCN(c2ccc(-n3cccn3)nn2)CC1. The van der Waals surface area contributed by atoms with Gasteiger partial charge in [-0.3, -0.25) is 9.48 Å². The van der Waals surface area contributed by atoms with Gasteiger partial charge in [0.25, 0.3) is 5.91 Å². The molecule has 1 amide bonds. The summed E-state index contributed by atoms with van der Waals surface area (Å²) in [5, 5.41) is 17.3. The minimum Gasteiger partial charge on any atom is -0.352 e. The van der Waals surface area contributed by atoms with E-state index in [1.807, 2.05) is 72.7 Å². The Morgan fingerprint density at radius 3 is 2.32 bits per heavy atom. The lowest BCUT2D eigenvalue weighted by molar-refractivity contribution is 0.0735. The van der Waals surface area contributed by atoms with E-state index in [1.165, 1.54) is 0 Å². The molecule has 0 N–H and O–H groups in total. The lowest BCUT2D eigenvalue weighted by Crippen LogP contribution is -2.49. The maximum atomic E-state index is 13.1. The molecule has 4 aromatic rings. The van der Waals surface area contributed by atoms with Crippen molar-refractivity contribution in [2.45, 2.75) is 0 Å². The van der Waals surface area contributed by atoms with Gasteiger partial charge in [-0.2, -0.15) is 10.2 Å². The van der Waals surface area contributed by atoms with Crippen LogP contribution in [-0.4, -0.2) is 66.7 Å². The van der Waals surface area contributed by atoms with Gasteiger partial charge in [0.05, 0.1) is 5.69 Å². The molecule has 5 rings (SSSR count). The Balaban J connectivity index is 1.24. The maximum absolute atomic E-state index is 13.1. The first kappa shape index (κ1) is 19.0. The van der Waals surface area contributed by atoms with Crippen molar-refractivity contribution in [2.24, 2.45) is 7.05 Å². The lowest BCUT2D eigenvalue weighted by Gasteiger charge is -2.35. The van der Waals surface area contributed by atoms with Gasteiger partial charge in [-0.1, -0.05) is 30.3 Å². The average molecular weight is 414 g/mol. The van der Waals surface area contributed by atoms with E-state index < -0.39 is 0 Å². The summed E-state index contributed by atoms with van der Waals surface area (Å²) in [6, 6.07) is 17.4. The van der Waals surface area contributed by atoms with Crippen LogP contribution in [0.2, 0.25) is 0 Å². The Morgan fingerprint density at radius 1 is 0.903 bits per heavy atom. The van der Waals surface area contributed by atoms with Gasteiger partial charge in [-0.25, -0.2) is 4.68 Å². The first-order valence-electron chi connectivity index (χ1n) is 10.2. The van der Waals surface area contributed by atoms with Crippen LogP contribution in [-0.2, 0) is 7.05 Å². The van der Waals surface area contributed by atoms with Crippen molar-refractivity contribution in [1.82, 2.24) is 34.7 Å². The number of nitrogens with zero attached hydrogens (tertiary/aromatic N) is 8. The van der Waals surface area contributed by atoms with Gasteiger partial charge in [-0.15, -0.1) is 10.2 Å². The second-order valence-electron chi connectivity index (χ2n) is 7.38. The quantitative estimate of drug-likeness (QED) is 0.508. The molecule has 1 fully saturated rings. The Kier molecular flexibility index (Phi) is 4.91. The third-order valence-electron chi connectivity index (χ3n) is 5.43. The third kappa shape index (κ3) is 3.77. The maximum Gasteiger partial charge on any atom is 0.272 e. The Morgan fingerprint density at radius 2 is 1.65 bits per heavy atom. The number of carbonyl (C=O) groups excluding carboxylic acids is 1. The zero-order chi connectivity index (χ0) is 21.2. The molecule has 4 heterocycles. The molecule has 0 spiro atoms. The smallest absolute Gasteiger partial charge is 0.272 e. The summed E-state index contributed by atoms with van der Waals surface area (Å²) < 4.78 is 3.33. The van der Waals surface area contributed by atoms with Crippen molar-refractivity contribution in [3.05, 3.63) is 72.7 Å². The number of hydrogen-bond donors (Lipinski definition) is 0. The molecular weight excluding hydrogens is 392 g/mol. The van der Waals surface area contributed by atoms with Crippen molar-refractivity contribution >= 4 is 11.7 Å². The van der Waals surface area contributed by atoms with Crippen LogP contribution in [0.25, 0.3) is 17.1 Å². The van der Waals surface area contributed by atoms with E-state index in [4.69, 9.17) is 0 Å². The fraction of sp³-hybridized carbons (Fsp3) is 0.227. The molecule has 1 aromatic carbocycles. The summed E-state index contributed by atoms with van der Waals surface area (Å²) >= 11 is 0. The van der Waals surface area contributed by atoms with E-state index in [9.17, 15) is 4.79 Å². The lowest BCUT2D eigenvalue weighted by atomic mass is 10.1. The molecule has 1 saturated heterocycles. The zero-order valence-electron chi connectivity index (χ0n) is 17.2. The van der Waals surface area contributed by atoms with E-state index in [-0.39, 0.29) is 5.91 Å². The van der Waals surface area contributed by atoms with E-state index >= 15 is 0 Å². The number of aryl methyl sites for hydroxylation is 1. The number of piperazine rings is 1. The first-order valence-corrected chi connectivity index (χ1v) is 10.2. The molecule has 0 bridgehead atoms. The molecule has 9 nitrogen and oxygen atoms in total. The number of anilines is 1. The Hall–Kier alpha value is -4.01. The normalized spacial score (nSPS) is 14.1. The van der Waals surface area contributed by atoms with Crippen molar-refractivity contribution in [3.63, 3.8) is 0 Å². The van der Waals surface area contributed by atoms with Gasteiger partial charge >= 0.3 is 0 Å². The number of aromatic nitrogens is 6. The number of hydrogen-bond acceptors (Lipinski definition) is 6. The van der Waals surface area contributed by atoms with E-state index in [0.717, 1.165) is 17.1 Å². The average Bonchev–Trinajstić information content (AvgIpc) is 3.50. The van der Waals surface area contributed by atoms with Crippen LogP contribution in [0.15, 0.2) is 67.0 Å². The first-order chi connectivity index (χ1) is 15.2. The van der Waals surface area contributed by atoms with Crippen LogP contribution in [0.5, 0.6) is 0 Å². The molecule has 0 radical (unpaired) electrons. The van der Waals surface area contributed by atoms with Gasteiger partial charge in [0, 0.05) is 51.2 Å². The van der Waals surface area contributed by atoms with Crippen molar-refractivity contribution in [2.75, 3.05) is 31.1 Å². The highest BCUT2D eigenvalue weighted by Crippen LogP contribution is 2.20. The Bertz CT molecular complexity index is 1160. The molecule has 1 aliphatic rings. The van der Waals surface area contributed by atoms with Gasteiger partial charge < -0.3 is 9.80 Å². The topological polar surface area (TPSA) is 85.0 Å². The summed E-state index contributed by atoms with van der Waals surface area (Å²) in [6.45, 7) is 2.64. The van der Waals surface area contributed by atoms with Gasteiger partial charge in [-0.05, 0) is 24.3 Å². The predicted octanol–water partition coefficient (Wildman–Crippen LogP) is 2.03. The van der Waals surface area contributed by atoms with Gasteiger partial charge in [0.1, 0.15) is 5.69 Å². The van der Waals surface area contributed by atoms with Crippen LogP contribution in [0.4, 0.5) is 5.82 Å². The number of rotatable bonds is 4. The molecule has 3 aromatic heterocycles. The predicted molar refractivity (Wildman–Crippen MR) is 116 cm³/mol. The van der Waals surface area contributed by atoms with E-state index in [1.54, 1.807) is 15.6 Å². The Labute approximate surface area is 179 Å². The molecule has 0 atom stereocenters. The van der Waals surface area contributed by atoms with Crippen molar-refractivity contribution in [1.29, 1.82) is 0 Å². The summed E-state index contributed by atoms with van der Waals surface area (Å²) in [5.41, 5.74) is 2.40. The molecule has 0 unspecified atom stereocenters. The fourth-order valence-corrected chi connectivity index (χ4v) is 3.73. The van der Waals surface area contributed by atoms with Crippen molar-refractivity contribution < 1.29 is 4.79 Å². The second kappa shape index (κ2) is 8.02. The molecule has 31 heavy (non-hydrogen) atoms. The summed E-state index contributed by atoms with van der Waals surface area (Å²) in [5.74, 6) is 1.47. The van der Waals surface area contributed by atoms with Crippen molar-refractivity contribution in [3.8, 4) is 17.1 Å². The molecule has 9 heteroatoms. The summed E-state index contributed by atoms with van der Waals surface area (Å²) in [6.07, 6.45) is 3.53. The third-order valence-corrected chi connectivity index (χ3v) is 5.43. The van der Waals surface area contributed by atoms with Gasteiger partial charge in [0.2, 0.25) is 0 Å². The number of benzene rings is 1. The highest BCUT2D eigenvalue weighted by molar-refractivity contribution is 5.94. The summed E-state index contributed by atoms with van der Waals surface area (Å²) in [7, 11) is 1.81. The summed E-state index contributed by atoms with van der Waals surface area (Å²) in [4.78, 5) is 17.1. The second-order valence-corrected chi connectivity index (χ2v) is 7.38. The number of carbonyl (C=O) groups is 1. The standard InChI is InChI=1S/C22H22N8O/c1-27-19(16-18(26-27)17-6-3-2-4-7-17)22(31)29-14-12-28(13-15-29)20-8-9-21(25-24-20)30-11-5-10-23-30/h2-11,16H,12-15H2,1H3. The molecular formula is C22H22N8O. The monoisotopic (exact) mass is 414 g/mol. The minimum absolute atomic E-state index is 0.00283. The van der Waals surface area contributed by atoms with E-state index in [0.29, 0.717) is 37.7 Å². The van der Waals surface area contributed by atoms with Crippen LogP contribution in [0, 0.1) is 0 Å². The highest BCUT2D eigenvalue weighted by atomic mass is 16.2. The van der Waals surface area contributed by atoms with Gasteiger partial charge in [0.15, 0.2) is 11.6 Å². The highest BCUT2D eigenvalue weighted by Gasteiger charge is 2.25. The van der Waals surface area contributed by atoms with E-state index in [2.05, 4.69) is 25.3 Å². The van der Waals surface area contributed by atoms with Crippen LogP contribution < -0.4 is 4.90 Å². The zero-order valence-corrected chi connectivity index (χ0v) is 17.2. The molecule has 156 valence electrons. The minimum atomic E-state index is -0.00283. The molecule has 0 saturated carbocycles. The van der Waals surface area contributed by atoms with Crippen LogP contribution in [0.1, 0.15) is 10.5 Å². The largest absolute Gasteiger partial charge is 0.352 e. The fourth-order valence-electron chi connectivity index (χ4n) is 3.73. The molecule has 1 aliphatic heterocycles.